The number of likely N-dealkylation sites (tertiary alicyclic amines) is 1. The Morgan fingerprint density at radius 1 is 1.26 bits per heavy atom. The van der Waals surface area contributed by atoms with Crippen molar-refractivity contribution in [3.8, 4) is 0 Å². The molecule has 0 bridgehead atoms. The van der Waals surface area contributed by atoms with E-state index in [2.05, 4.69) is 42.3 Å². The van der Waals surface area contributed by atoms with Crippen molar-refractivity contribution in [3.05, 3.63) is 29.8 Å². The van der Waals surface area contributed by atoms with Gasteiger partial charge in [0.1, 0.15) is 0 Å². The van der Waals surface area contributed by atoms with Gasteiger partial charge in [-0.2, -0.15) is 0 Å². The van der Waals surface area contributed by atoms with Gasteiger partial charge in [0.25, 0.3) is 0 Å². The average molecular weight is 278 g/mol. The second-order valence-corrected chi connectivity index (χ2v) is 6.34. The van der Waals surface area contributed by atoms with Crippen LogP contribution in [-0.4, -0.2) is 30.3 Å². The molecule has 0 saturated carbocycles. The number of rotatable bonds is 4. The Labute approximate surface area is 121 Å². The Kier molecular flexibility index (Phi) is 5.74. The summed E-state index contributed by atoms with van der Waals surface area (Å²) in [5.41, 5.74) is 7.44. The summed E-state index contributed by atoms with van der Waals surface area (Å²) in [6.07, 6.45) is 7.46. The SMILES string of the molecule is CSc1ccc(C(CN)N2CCCCCC2C)cc1. The summed E-state index contributed by atoms with van der Waals surface area (Å²) in [5.74, 6) is 0. The second-order valence-electron chi connectivity index (χ2n) is 5.46. The summed E-state index contributed by atoms with van der Waals surface area (Å²) in [5, 5.41) is 0. The van der Waals surface area contributed by atoms with Crippen molar-refractivity contribution < 1.29 is 0 Å². The summed E-state index contributed by atoms with van der Waals surface area (Å²) in [6, 6.07) is 9.96. The van der Waals surface area contributed by atoms with Crippen LogP contribution in [0.1, 0.15) is 44.2 Å². The minimum atomic E-state index is 0.379. The predicted octanol–water partition coefficient (Wildman–Crippen LogP) is 3.67. The van der Waals surface area contributed by atoms with Gasteiger partial charge < -0.3 is 5.73 Å². The third-order valence-electron chi connectivity index (χ3n) is 4.23. The minimum absolute atomic E-state index is 0.379. The molecule has 2 rings (SSSR count). The lowest BCUT2D eigenvalue weighted by atomic mass is 10.0. The Morgan fingerprint density at radius 2 is 2.00 bits per heavy atom. The fourth-order valence-corrected chi connectivity index (χ4v) is 3.46. The summed E-state index contributed by atoms with van der Waals surface area (Å²) < 4.78 is 0. The molecular formula is C16H26N2S. The fourth-order valence-electron chi connectivity index (χ4n) is 3.05. The molecule has 1 fully saturated rings. The van der Waals surface area contributed by atoms with Gasteiger partial charge in [0.05, 0.1) is 0 Å². The molecule has 2 nitrogen and oxygen atoms in total. The van der Waals surface area contributed by atoms with Gasteiger partial charge in [-0.05, 0) is 50.3 Å². The molecule has 0 amide bonds. The Morgan fingerprint density at radius 3 is 2.63 bits per heavy atom. The third-order valence-corrected chi connectivity index (χ3v) is 4.97. The largest absolute Gasteiger partial charge is 0.329 e. The normalized spacial score (nSPS) is 23.0. The van der Waals surface area contributed by atoms with Crippen LogP contribution in [0.4, 0.5) is 0 Å². The average Bonchev–Trinajstić information content (AvgIpc) is 2.66. The first kappa shape index (κ1) is 14.9. The number of nitrogens with zero attached hydrogens (tertiary/aromatic N) is 1. The van der Waals surface area contributed by atoms with Crippen molar-refractivity contribution in [2.75, 3.05) is 19.3 Å². The lowest BCUT2D eigenvalue weighted by molar-refractivity contribution is 0.151. The molecule has 0 spiro atoms. The van der Waals surface area contributed by atoms with Crippen LogP contribution >= 0.6 is 11.8 Å². The Hall–Kier alpha value is -0.510. The molecule has 1 aromatic rings. The monoisotopic (exact) mass is 278 g/mol. The number of hydrogen-bond donors (Lipinski definition) is 1. The van der Waals surface area contributed by atoms with Crippen molar-refractivity contribution in [3.63, 3.8) is 0 Å². The topological polar surface area (TPSA) is 29.3 Å². The summed E-state index contributed by atoms with van der Waals surface area (Å²) >= 11 is 1.79. The van der Waals surface area contributed by atoms with Crippen LogP contribution in [0.15, 0.2) is 29.2 Å². The van der Waals surface area contributed by atoms with Crippen LogP contribution < -0.4 is 5.73 Å². The van der Waals surface area contributed by atoms with Crippen molar-refractivity contribution in [1.82, 2.24) is 4.90 Å². The van der Waals surface area contributed by atoms with E-state index in [4.69, 9.17) is 5.73 Å². The molecule has 2 atom stereocenters. The molecule has 1 aliphatic heterocycles. The van der Waals surface area contributed by atoms with Crippen LogP contribution in [-0.2, 0) is 0 Å². The Balaban J connectivity index is 2.16. The molecule has 2 unspecified atom stereocenters. The minimum Gasteiger partial charge on any atom is -0.329 e. The zero-order chi connectivity index (χ0) is 13.7. The maximum absolute atomic E-state index is 6.07. The molecule has 0 aliphatic carbocycles. The summed E-state index contributed by atoms with van der Waals surface area (Å²) in [4.78, 5) is 3.93. The van der Waals surface area contributed by atoms with Crippen LogP contribution in [0.5, 0.6) is 0 Å². The molecule has 19 heavy (non-hydrogen) atoms. The molecule has 0 aromatic heterocycles. The summed E-state index contributed by atoms with van der Waals surface area (Å²) in [7, 11) is 0. The smallest absolute Gasteiger partial charge is 0.0473 e. The van der Waals surface area contributed by atoms with E-state index in [1.54, 1.807) is 11.8 Å². The first-order chi connectivity index (χ1) is 9.26. The van der Waals surface area contributed by atoms with Crippen LogP contribution in [0.3, 0.4) is 0 Å². The molecule has 0 radical (unpaired) electrons. The highest BCUT2D eigenvalue weighted by Crippen LogP contribution is 2.28. The van der Waals surface area contributed by atoms with E-state index >= 15 is 0 Å². The van der Waals surface area contributed by atoms with E-state index in [0.717, 1.165) is 0 Å². The van der Waals surface area contributed by atoms with E-state index in [1.807, 2.05) is 0 Å². The second kappa shape index (κ2) is 7.32. The van der Waals surface area contributed by atoms with Crippen molar-refractivity contribution in [2.45, 2.75) is 49.6 Å². The molecule has 1 aromatic carbocycles. The molecule has 1 heterocycles. The van der Waals surface area contributed by atoms with Crippen LogP contribution in [0, 0.1) is 0 Å². The van der Waals surface area contributed by atoms with Crippen LogP contribution in [0.2, 0.25) is 0 Å². The molecule has 1 saturated heterocycles. The molecule has 1 aliphatic rings. The van der Waals surface area contributed by atoms with Crippen molar-refractivity contribution in [1.29, 1.82) is 0 Å². The quantitative estimate of drug-likeness (QED) is 0.852. The van der Waals surface area contributed by atoms with Gasteiger partial charge in [-0.1, -0.05) is 25.0 Å². The first-order valence-electron chi connectivity index (χ1n) is 7.36. The first-order valence-corrected chi connectivity index (χ1v) is 8.58. The van der Waals surface area contributed by atoms with E-state index in [-0.39, 0.29) is 0 Å². The van der Waals surface area contributed by atoms with E-state index < -0.39 is 0 Å². The molecule has 2 N–H and O–H groups in total. The molecular weight excluding hydrogens is 252 g/mol. The maximum Gasteiger partial charge on any atom is 0.0473 e. The van der Waals surface area contributed by atoms with E-state index in [9.17, 15) is 0 Å². The highest BCUT2D eigenvalue weighted by molar-refractivity contribution is 7.98. The van der Waals surface area contributed by atoms with E-state index in [1.165, 1.54) is 42.7 Å². The number of benzene rings is 1. The highest BCUT2D eigenvalue weighted by Gasteiger charge is 2.25. The molecule has 106 valence electrons. The number of nitrogens with two attached hydrogens (primary N) is 1. The maximum atomic E-state index is 6.07. The summed E-state index contributed by atoms with van der Waals surface area (Å²) in [6.45, 7) is 4.25. The van der Waals surface area contributed by atoms with Gasteiger partial charge in [-0.3, -0.25) is 4.90 Å². The standard InChI is InChI=1S/C16H26N2S/c1-13-6-4-3-5-11-18(13)16(12-17)14-7-9-15(19-2)10-8-14/h7-10,13,16H,3-6,11-12,17H2,1-2H3. The predicted molar refractivity (Wildman–Crippen MR) is 84.7 cm³/mol. The zero-order valence-electron chi connectivity index (χ0n) is 12.1. The lowest BCUT2D eigenvalue weighted by Gasteiger charge is -2.35. The molecule has 3 heteroatoms. The number of hydrogen-bond acceptors (Lipinski definition) is 3. The highest BCUT2D eigenvalue weighted by atomic mass is 32.2. The van der Waals surface area contributed by atoms with Gasteiger partial charge in [-0.25, -0.2) is 0 Å². The number of thioether (sulfide) groups is 1. The third kappa shape index (κ3) is 3.74. The zero-order valence-corrected chi connectivity index (χ0v) is 13.0. The van der Waals surface area contributed by atoms with Crippen molar-refractivity contribution >= 4 is 11.8 Å². The van der Waals surface area contributed by atoms with Gasteiger partial charge in [0, 0.05) is 23.5 Å². The fraction of sp³-hybridized carbons (Fsp3) is 0.625. The van der Waals surface area contributed by atoms with Gasteiger partial charge in [0.15, 0.2) is 0 Å². The van der Waals surface area contributed by atoms with Gasteiger partial charge >= 0.3 is 0 Å². The van der Waals surface area contributed by atoms with Gasteiger partial charge in [-0.15, -0.1) is 11.8 Å². The lowest BCUT2D eigenvalue weighted by Crippen LogP contribution is -2.39. The Bertz CT molecular complexity index is 377. The van der Waals surface area contributed by atoms with Gasteiger partial charge in [0.2, 0.25) is 0 Å². The van der Waals surface area contributed by atoms with Crippen molar-refractivity contribution in [2.24, 2.45) is 5.73 Å². The van der Waals surface area contributed by atoms with E-state index in [0.29, 0.717) is 18.6 Å². The van der Waals surface area contributed by atoms with Crippen LogP contribution in [0.25, 0.3) is 0 Å².